The van der Waals surface area contributed by atoms with Gasteiger partial charge < -0.3 is 16.0 Å². The number of nitriles is 1. The second-order valence-electron chi connectivity index (χ2n) is 7.29. The van der Waals surface area contributed by atoms with Gasteiger partial charge in [-0.05, 0) is 24.5 Å². The van der Waals surface area contributed by atoms with Gasteiger partial charge >= 0.3 is 6.03 Å². The van der Waals surface area contributed by atoms with Crippen LogP contribution in [0, 0.1) is 11.3 Å². The van der Waals surface area contributed by atoms with E-state index >= 15 is 0 Å². The molecule has 4 rings (SSSR count). The summed E-state index contributed by atoms with van der Waals surface area (Å²) in [6, 6.07) is 9.68. The molecule has 142 valence electrons. The normalized spacial score (nSPS) is 25.7. The summed E-state index contributed by atoms with van der Waals surface area (Å²) in [7, 11) is 0. The smallest absolute Gasteiger partial charge is 0.328 e. The van der Waals surface area contributed by atoms with Gasteiger partial charge in [-0.15, -0.1) is 0 Å². The molecule has 0 bridgehead atoms. The minimum atomic E-state index is -0.179. The number of fused-ring (bicyclic) bond motifs is 1. The molecular formula is C19H25N7O. The van der Waals surface area contributed by atoms with Crippen molar-refractivity contribution in [2.75, 3.05) is 32.7 Å². The first kappa shape index (κ1) is 17.8. The molecule has 0 radical (unpaired) electrons. The summed E-state index contributed by atoms with van der Waals surface area (Å²) in [6.45, 7) is 3.95. The summed E-state index contributed by atoms with van der Waals surface area (Å²) in [4.78, 5) is 23.9. The molecule has 0 aliphatic carbocycles. The number of piperazine rings is 1. The lowest BCUT2D eigenvalue weighted by Gasteiger charge is -2.46. The lowest BCUT2D eigenvalue weighted by atomic mass is 10.1. The number of hydrogen-bond donors (Lipinski definition) is 2. The number of nitrogens with one attached hydrogen (secondary N) is 1. The van der Waals surface area contributed by atoms with Crippen LogP contribution in [0.2, 0.25) is 0 Å². The van der Waals surface area contributed by atoms with Gasteiger partial charge in [-0.3, -0.25) is 9.80 Å². The van der Waals surface area contributed by atoms with Crippen LogP contribution in [-0.4, -0.2) is 71.6 Å². The molecule has 0 aromatic heterocycles. The van der Waals surface area contributed by atoms with Crippen molar-refractivity contribution in [1.82, 2.24) is 20.0 Å². The Kier molecular flexibility index (Phi) is 4.97. The number of urea groups is 1. The third-order valence-electron chi connectivity index (χ3n) is 5.41. The van der Waals surface area contributed by atoms with Gasteiger partial charge in [0, 0.05) is 38.8 Å². The molecule has 8 nitrogen and oxygen atoms in total. The zero-order valence-electron chi connectivity index (χ0n) is 15.3. The Hall–Kier alpha value is -2.63. The molecule has 3 N–H and O–H groups in total. The molecule has 8 heteroatoms. The number of nitrogens with two attached hydrogens (primary N) is 1. The number of amides is 2. The highest BCUT2D eigenvalue weighted by atomic mass is 16.2. The molecule has 3 heterocycles. The third kappa shape index (κ3) is 3.48. The lowest BCUT2D eigenvalue weighted by Crippen LogP contribution is -2.64. The van der Waals surface area contributed by atoms with Gasteiger partial charge in [-0.2, -0.15) is 5.26 Å². The minimum Gasteiger partial charge on any atom is -0.341 e. The first-order valence-corrected chi connectivity index (χ1v) is 9.52. The van der Waals surface area contributed by atoms with Gasteiger partial charge in [0.2, 0.25) is 5.96 Å². The second kappa shape index (κ2) is 7.55. The number of benzene rings is 1. The van der Waals surface area contributed by atoms with Crippen molar-refractivity contribution < 1.29 is 4.79 Å². The fourth-order valence-corrected chi connectivity index (χ4v) is 3.99. The average Bonchev–Trinajstić information content (AvgIpc) is 2.70. The summed E-state index contributed by atoms with van der Waals surface area (Å²) in [6.07, 6.45) is 1.80. The molecule has 2 saturated heterocycles. The number of piperidine rings is 1. The van der Waals surface area contributed by atoms with E-state index in [9.17, 15) is 10.1 Å². The monoisotopic (exact) mass is 367 g/mol. The maximum Gasteiger partial charge on any atom is 0.328 e. The zero-order chi connectivity index (χ0) is 18.8. The van der Waals surface area contributed by atoms with Crippen LogP contribution in [0.3, 0.4) is 0 Å². The summed E-state index contributed by atoms with van der Waals surface area (Å²) >= 11 is 0. The van der Waals surface area contributed by atoms with Gasteiger partial charge in [0.1, 0.15) is 6.17 Å². The Morgan fingerprint density at radius 1 is 1.33 bits per heavy atom. The van der Waals surface area contributed by atoms with Gasteiger partial charge in [0.25, 0.3) is 0 Å². The summed E-state index contributed by atoms with van der Waals surface area (Å²) in [5, 5.41) is 12.7. The Labute approximate surface area is 159 Å². The standard InChI is InChI=1S/C19H25N7O/c20-10-14-4-1-2-5-15(14)12-26-18(24-8-3-6-16(21)13-24)23-17-11-22-7-9-25(17)19(26)27/h1-2,4-5,16-17,22H,3,6-9,11-13,21H2/t16-,17?/m1/s1. The number of hydrogen-bond acceptors (Lipinski definition) is 6. The molecule has 27 heavy (non-hydrogen) atoms. The lowest BCUT2D eigenvalue weighted by molar-refractivity contribution is 0.119. The SMILES string of the molecule is N#Cc1ccccc1CN1C(=O)N2CCNCC2N=C1N1CCC[C@@H](N)C1. The Morgan fingerprint density at radius 3 is 3.00 bits per heavy atom. The van der Waals surface area contributed by atoms with Crippen LogP contribution in [0.1, 0.15) is 24.0 Å². The highest BCUT2D eigenvalue weighted by Gasteiger charge is 2.39. The molecule has 3 aliphatic heterocycles. The number of guanidine groups is 1. The van der Waals surface area contributed by atoms with Crippen LogP contribution < -0.4 is 11.1 Å². The van der Waals surface area contributed by atoms with E-state index in [-0.39, 0.29) is 18.2 Å². The van der Waals surface area contributed by atoms with Crippen LogP contribution in [0.25, 0.3) is 0 Å². The van der Waals surface area contributed by atoms with Crippen molar-refractivity contribution in [3.05, 3.63) is 35.4 Å². The van der Waals surface area contributed by atoms with E-state index in [1.54, 1.807) is 11.0 Å². The number of carbonyl (C=O) groups excluding carboxylic acids is 1. The van der Waals surface area contributed by atoms with Crippen LogP contribution >= 0.6 is 0 Å². The average molecular weight is 367 g/mol. The van der Waals surface area contributed by atoms with Crippen LogP contribution in [0.15, 0.2) is 29.3 Å². The second-order valence-corrected chi connectivity index (χ2v) is 7.29. The molecule has 2 atom stereocenters. The molecule has 1 unspecified atom stereocenters. The van der Waals surface area contributed by atoms with Gasteiger partial charge in [-0.25, -0.2) is 9.79 Å². The summed E-state index contributed by atoms with van der Waals surface area (Å²) in [5.41, 5.74) is 7.59. The van der Waals surface area contributed by atoms with E-state index in [0.717, 1.165) is 31.5 Å². The van der Waals surface area contributed by atoms with E-state index in [0.29, 0.717) is 37.7 Å². The summed E-state index contributed by atoms with van der Waals surface area (Å²) in [5.74, 6) is 0.688. The summed E-state index contributed by atoms with van der Waals surface area (Å²) < 4.78 is 0. The van der Waals surface area contributed by atoms with E-state index in [2.05, 4.69) is 16.3 Å². The van der Waals surface area contributed by atoms with Crippen molar-refractivity contribution in [3.63, 3.8) is 0 Å². The number of carbonyl (C=O) groups is 1. The van der Waals surface area contributed by atoms with Crippen molar-refractivity contribution in [2.24, 2.45) is 10.7 Å². The molecule has 3 aliphatic rings. The Bertz CT molecular complexity index is 787. The highest BCUT2D eigenvalue weighted by Crippen LogP contribution is 2.23. The molecular weight excluding hydrogens is 342 g/mol. The third-order valence-corrected chi connectivity index (χ3v) is 5.41. The van der Waals surface area contributed by atoms with Gasteiger partial charge in [-0.1, -0.05) is 18.2 Å². The number of rotatable bonds is 2. The van der Waals surface area contributed by atoms with Crippen molar-refractivity contribution in [2.45, 2.75) is 31.6 Å². The molecule has 1 aromatic carbocycles. The molecule has 1 aromatic rings. The van der Waals surface area contributed by atoms with Gasteiger partial charge in [0.15, 0.2) is 0 Å². The fraction of sp³-hybridized carbons (Fsp3) is 0.526. The maximum absolute atomic E-state index is 13.3. The first-order chi connectivity index (χ1) is 13.2. The molecule has 2 fully saturated rings. The van der Waals surface area contributed by atoms with E-state index in [1.807, 2.05) is 23.1 Å². The van der Waals surface area contributed by atoms with Gasteiger partial charge in [0.05, 0.1) is 18.2 Å². The predicted molar refractivity (Wildman–Crippen MR) is 102 cm³/mol. The van der Waals surface area contributed by atoms with E-state index in [1.165, 1.54) is 0 Å². The van der Waals surface area contributed by atoms with Crippen molar-refractivity contribution in [3.8, 4) is 6.07 Å². The van der Waals surface area contributed by atoms with Crippen LogP contribution in [0.4, 0.5) is 4.79 Å². The molecule has 0 saturated carbocycles. The Morgan fingerprint density at radius 2 is 2.19 bits per heavy atom. The molecule has 2 amide bonds. The van der Waals surface area contributed by atoms with E-state index in [4.69, 9.17) is 10.7 Å². The number of likely N-dealkylation sites (tertiary alicyclic amines) is 1. The van der Waals surface area contributed by atoms with Crippen molar-refractivity contribution >= 4 is 12.0 Å². The van der Waals surface area contributed by atoms with Crippen LogP contribution in [-0.2, 0) is 6.54 Å². The van der Waals surface area contributed by atoms with Crippen molar-refractivity contribution in [1.29, 1.82) is 5.26 Å². The highest BCUT2D eigenvalue weighted by molar-refractivity contribution is 5.98. The predicted octanol–water partition coefficient (Wildman–Crippen LogP) is 0.504. The molecule has 0 spiro atoms. The maximum atomic E-state index is 13.3. The zero-order valence-corrected chi connectivity index (χ0v) is 15.3. The van der Waals surface area contributed by atoms with E-state index < -0.39 is 0 Å². The number of aliphatic imine (C=N–C) groups is 1. The largest absolute Gasteiger partial charge is 0.341 e. The minimum absolute atomic E-state index is 0.0432. The van der Waals surface area contributed by atoms with Crippen LogP contribution in [0.5, 0.6) is 0 Å². The Balaban J connectivity index is 1.68. The fourth-order valence-electron chi connectivity index (χ4n) is 3.99. The number of nitrogens with zero attached hydrogens (tertiary/aromatic N) is 5. The quantitative estimate of drug-likeness (QED) is 0.793. The topological polar surface area (TPSA) is 101 Å². The first-order valence-electron chi connectivity index (χ1n) is 9.52.